The van der Waals surface area contributed by atoms with E-state index in [-0.39, 0.29) is 5.54 Å². The zero-order valence-electron chi connectivity index (χ0n) is 12.9. The summed E-state index contributed by atoms with van der Waals surface area (Å²) in [6, 6.07) is 10.8. The van der Waals surface area contributed by atoms with Crippen molar-refractivity contribution in [3.05, 3.63) is 35.9 Å². The van der Waals surface area contributed by atoms with Crippen LogP contribution < -0.4 is 5.32 Å². The first kappa shape index (κ1) is 14.5. The van der Waals surface area contributed by atoms with Gasteiger partial charge >= 0.3 is 0 Å². The second-order valence-electron chi connectivity index (χ2n) is 6.75. The Kier molecular flexibility index (Phi) is 4.32. The van der Waals surface area contributed by atoms with Gasteiger partial charge in [-0.3, -0.25) is 4.90 Å². The maximum absolute atomic E-state index is 3.69. The van der Waals surface area contributed by atoms with Crippen molar-refractivity contribution in [2.24, 2.45) is 0 Å². The molecule has 1 unspecified atom stereocenters. The predicted octanol–water partition coefficient (Wildman–Crippen LogP) is 3.08. The van der Waals surface area contributed by atoms with E-state index in [1.807, 2.05) is 0 Å². The quantitative estimate of drug-likeness (QED) is 0.895. The summed E-state index contributed by atoms with van der Waals surface area (Å²) >= 11 is 0. The number of benzene rings is 1. The third kappa shape index (κ3) is 3.58. The molecular formula is C17H28N2. The van der Waals surface area contributed by atoms with E-state index in [0.29, 0.717) is 5.54 Å². The minimum absolute atomic E-state index is 0.228. The lowest BCUT2D eigenvalue weighted by atomic mass is 9.87. The Morgan fingerprint density at radius 2 is 1.84 bits per heavy atom. The molecule has 0 spiro atoms. The molecule has 1 atom stereocenters. The Hall–Kier alpha value is -0.860. The number of hydrogen-bond acceptors (Lipinski definition) is 2. The van der Waals surface area contributed by atoms with Crippen LogP contribution in [0.1, 0.15) is 39.7 Å². The fourth-order valence-corrected chi connectivity index (χ4v) is 2.87. The number of hydrogen-bond donors (Lipinski definition) is 1. The Bertz CT molecular complexity index is 399. The molecule has 1 aliphatic rings. The van der Waals surface area contributed by atoms with Crippen molar-refractivity contribution in [3.63, 3.8) is 0 Å². The lowest BCUT2D eigenvalue weighted by Gasteiger charge is -2.51. The molecule has 1 fully saturated rings. The predicted molar refractivity (Wildman–Crippen MR) is 82.5 cm³/mol. The highest BCUT2D eigenvalue weighted by atomic mass is 15.3. The Morgan fingerprint density at radius 1 is 1.16 bits per heavy atom. The van der Waals surface area contributed by atoms with E-state index in [1.165, 1.54) is 12.0 Å². The first-order valence-electron chi connectivity index (χ1n) is 7.49. The highest BCUT2D eigenvalue weighted by Crippen LogP contribution is 2.26. The standard InChI is InChI=1S/C17H28N2/c1-5-17(4)13-18-16(2,3)14-19(17)12-11-15-9-7-6-8-10-15/h6-10,18H,5,11-14H2,1-4H3. The second kappa shape index (κ2) is 5.64. The molecule has 1 aromatic rings. The fourth-order valence-electron chi connectivity index (χ4n) is 2.87. The molecule has 2 rings (SSSR count). The molecule has 1 saturated heterocycles. The zero-order chi connectivity index (χ0) is 13.9. The first-order valence-corrected chi connectivity index (χ1v) is 7.49. The van der Waals surface area contributed by atoms with Crippen molar-refractivity contribution in [3.8, 4) is 0 Å². The molecule has 1 heterocycles. The van der Waals surface area contributed by atoms with Crippen LogP contribution in [0.5, 0.6) is 0 Å². The van der Waals surface area contributed by atoms with Gasteiger partial charge in [0.2, 0.25) is 0 Å². The van der Waals surface area contributed by atoms with Gasteiger partial charge < -0.3 is 5.32 Å². The molecular weight excluding hydrogens is 232 g/mol. The normalized spacial score (nSPS) is 27.4. The van der Waals surface area contributed by atoms with Crippen molar-refractivity contribution < 1.29 is 0 Å². The SMILES string of the molecule is CCC1(C)CNC(C)(C)CN1CCc1ccccc1. The Morgan fingerprint density at radius 3 is 2.47 bits per heavy atom. The largest absolute Gasteiger partial charge is 0.309 e. The molecule has 1 aliphatic heterocycles. The van der Waals surface area contributed by atoms with E-state index < -0.39 is 0 Å². The van der Waals surface area contributed by atoms with Crippen LogP contribution in [0.2, 0.25) is 0 Å². The summed E-state index contributed by atoms with van der Waals surface area (Å²) in [4.78, 5) is 2.68. The van der Waals surface area contributed by atoms with Crippen molar-refractivity contribution >= 4 is 0 Å². The molecule has 0 aliphatic carbocycles. The highest BCUT2D eigenvalue weighted by Gasteiger charge is 2.39. The van der Waals surface area contributed by atoms with Crippen LogP contribution in [0.15, 0.2) is 30.3 Å². The lowest BCUT2D eigenvalue weighted by molar-refractivity contribution is 0.0253. The van der Waals surface area contributed by atoms with Crippen molar-refractivity contribution in [2.75, 3.05) is 19.6 Å². The third-order valence-corrected chi connectivity index (χ3v) is 4.57. The van der Waals surface area contributed by atoms with Crippen LogP contribution >= 0.6 is 0 Å². The van der Waals surface area contributed by atoms with E-state index in [0.717, 1.165) is 26.1 Å². The highest BCUT2D eigenvalue weighted by molar-refractivity contribution is 5.15. The first-order chi connectivity index (χ1) is 8.95. The van der Waals surface area contributed by atoms with Gasteiger partial charge in [0.25, 0.3) is 0 Å². The molecule has 0 radical (unpaired) electrons. The second-order valence-corrected chi connectivity index (χ2v) is 6.75. The van der Waals surface area contributed by atoms with Crippen LogP contribution in [0.3, 0.4) is 0 Å². The van der Waals surface area contributed by atoms with Crippen molar-refractivity contribution in [1.29, 1.82) is 0 Å². The fraction of sp³-hybridized carbons (Fsp3) is 0.647. The van der Waals surface area contributed by atoms with Crippen molar-refractivity contribution in [2.45, 2.75) is 51.6 Å². The smallest absolute Gasteiger partial charge is 0.0304 e. The number of nitrogens with zero attached hydrogens (tertiary/aromatic N) is 1. The van der Waals surface area contributed by atoms with E-state index in [1.54, 1.807) is 0 Å². The molecule has 1 aromatic carbocycles. The van der Waals surface area contributed by atoms with Crippen LogP contribution in [0.4, 0.5) is 0 Å². The summed E-state index contributed by atoms with van der Waals surface area (Å²) in [6.07, 6.45) is 2.34. The Balaban J connectivity index is 2.02. The zero-order valence-corrected chi connectivity index (χ0v) is 12.9. The maximum atomic E-state index is 3.69. The third-order valence-electron chi connectivity index (χ3n) is 4.57. The average Bonchev–Trinajstić information content (AvgIpc) is 2.41. The summed E-state index contributed by atoms with van der Waals surface area (Å²) in [5.41, 5.74) is 1.97. The van der Waals surface area contributed by atoms with Crippen LogP contribution in [-0.4, -0.2) is 35.6 Å². The van der Waals surface area contributed by atoms with Gasteiger partial charge in [-0.1, -0.05) is 37.3 Å². The van der Waals surface area contributed by atoms with Gasteiger partial charge in [-0.2, -0.15) is 0 Å². The van der Waals surface area contributed by atoms with Gasteiger partial charge in [-0.25, -0.2) is 0 Å². The number of nitrogens with one attached hydrogen (secondary N) is 1. The van der Waals surface area contributed by atoms with E-state index >= 15 is 0 Å². The monoisotopic (exact) mass is 260 g/mol. The maximum Gasteiger partial charge on any atom is 0.0304 e. The minimum atomic E-state index is 0.228. The molecule has 106 valence electrons. The average molecular weight is 260 g/mol. The van der Waals surface area contributed by atoms with Crippen LogP contribution in [0.25, 0.3) is 0 Å². The summed E-state index contributed by atoms with van der Waals surface area (Å²) in [7, 11) is 0. The van der Waals surface area contributed by atoms with Crippen molar-refractivity contribution in [1.82, 2.24) is 10.2 Å². The molecule has 0 bridgehead atoms. The van der Waals surface area contributed by atoms with E-state index in [4.69, 9.17) is 0 Å². The molecule has 19 heavy (non-hydrogen) atoms. The summed E-state index contributed by atoms with van der Waals surface area (Å²) in [6.45, 7) is 12.7. The number of rotatable bonds is 4. The molecule has 2 nitrogen and oxygen atoms in total. The number of piperazine rings is 1. The van der Waals surface area contributed by atoms with Gasteiger partial charge in [0.1, 0.15) is 0 Å². The van der Waals surface area contributed by atoms with Crippen LogP contribution in [0, 0.1) is 0 Å². The van der Waals surface area contributed by atoms with Gasteiger partial charge in [-0.15, -0.1) is 0 Å². The van der Waals surface area contributed by atoms with Gasteiger partial charge in [0, 0.05) is 30.7 Å². The van der Waals surface area contributed by atoms with E-state index in [9.17, 15) is 0 Å². The molecule has 1 N–H and O–H groups in total. The lowest BCUT2D eigenvalue weighted by Crippen LogP contribution is -2.67. The van der Waals surface area contributed by atoms with Crippen LogP contribution in [-0.2, 0) is 6.42 Å². The molecule has 0 aromatic heterocycles. The van der Waals surface area contributed by atoms with Gasteiger partial charge in [0.15, 0.2) is 0 Å². The Labute approximate surface area is 118 Å². The summed E-state index contributed by atoms with van der Waals surface area (Å²) in [5.74, 6) is 0. The summed E-state index contributed by atoms with van der Waals surface area (Å²) in [5, 5.41) is 3.69. The molecule has 2 heteroatoms. The van der Waals surface area contributed by atoms with E-state index in [2.05, 4.69) is 68.2 Å². The molecule has 0 amide bonds. The topological polar surface area (TPSA) is 15.3 Å². The van der Waals surface area contributed by atoms with Gasteiger partial charge in [0.05, 0.1) is 0 Å². The minimum Gasteiger partial charge on any atom is -0.309 e. The summed E-state index contributed by atoms with van der Waals surface area (Å²) < 4.78 is 0. The molecule has 0 saturated carbocycles. The van der Waals surface area contributed by atoms with Gasteiger partial charge in [-0.05, 0) is 39.2 Å².